The van der Waals surface area contributed by atoms with Crippen LogP contribution in [-0.4, -0.2) is 16.7 Å². The van der Waals surface area contributed by atoms with E-state index in [4.69, 9.17) is 11.5 Å². The molecule has 0 bridgehead atoms. The molecule has 0 aliphatic heterocycles. The molecule has 1 amide bonds. The van der Waals surface area contributed by atoms with Crippen LogP contribution in [0.5, 0.6) is 0 Å². The number of hydrogen-bond donors (Lipinski definition) is 2. The largest absolute Gasteiger partial charge is 0.368 e. The number of hydrogen-bond acceptors (Lipinski definition) is 3. The van der Waals surface area contributed by atoms with Crippen molar-refractivity contribution in [1.29, 1.82) is 0 Å². The van der Waals surface area contributed by atoms with Gasteiger partial charge in [0.1, 0.15) is 0 Å². The maximum absolute atomic E-state index is 11.2. The number of rotatable bonds is 6. The van der Waals surface area contributed by atoms with E-state index in [0.29, 0.717) is 11.7 Å². The summed E-state index contributed by atoms with van der Waals surface area (Å²) in [5, 5.41) is 0.299. The van der Waals surface area contributed by atoms with E-state index in [1.54, 1.807) is 18.7 Å². The number of benzene rings is 1. The second-order valence-electron chi connectivity index (χ2n) is 5.10. The highest BCUT2D eigenvalue weighted by Gasteiger charge is 2.27. The molecule has 1 rings (SSSR count). The minimum atomic E-state index is -0.918. The molecule has 0 heterocycles. The Bertz CT molecular complexity index is 418. The van der Waals surface area contributed by atoms with Crippen molar-refractivity contribution in [2.24, 2.45) is 11.5 Å². The molecule has 0 aliphatic rings. The molecule has 0 aromatic heterocycles. The lowest BCUT2D eigenvalue weighted by atomic mass is 9.97. The summed E-state index contributed by atoms with van der Waals surface area (Å²) in [5.41, 5.74) is 12.8. The van der Waals surface area contributed by atoms with Gasteiger partial charge in [0.15, 0.2) is 0 Å². The van der Waals surface area contributed by atoms with Gasteiger partial charge in [-0.2, -0.15) is 11.8 Å². The molecule has 100 valence electrons. The van der Waals surface area contributed by atoms with Gasteiger partial charge in [0, 0.05) is 11.0 Å². The summed E-state index contributed by atoms with van der Waals surface area (Å²) in [6.45, 7) is 5.86. The van der Waals surface area contributed by atoms with Crippen LogP contribution in [0.3, 0.4) is 0 Å². The highest BCUT2D eigenvalue weighted by atomic mass is 32.2. The predicted molar refractivity (Wildman–Crippen MR) is 78.3 cm³/mol. The van der Waals surface area contributed by atoms with Crippen molar-refractivity contribution in [2.75, 3.05) is 0 Å². The van der Waals surface area contributed by atoms with Crippen LogP contribution in [0.2, 0.25) is 0 Å². The van der Waals surface area contributed by atoms with Crippen LogP contribution in [0.4, 0.5) is 0 Å². The Morgan fingerprint density at radius 3 is 2.72 bits per heavy atom. The van der Waals surface area contributed by atoms with Crippen molar-refractivity contribution in [3.05, 3.63) is 35.4 Å². The van der Waals surface area contributed by atoms with E-state index in [1.165, 1.54) is 11.1 Å². The molecule has 2 unspecified atom stereocenters. The van der Waals surface area contributed by atoms with E-state index < -0.39 is 11.4 Å². The number of primary amides is 1. The Balaban J connectivity index is 2.47. The summed E-state index contributed by atoms with van der Waals surface area (Å²) in [5.74, 6) is 0.489. The molecule has 4 N–H and O–H groups in total. The molecule has 3 nitrogen and oxygen atoms in total. The van der Waals surface area contributed by atoms with E-state index in [0.717, 1.165) is 5.75 Å². The summed E-state index contributed by atoms with van der Waals surface area (Å²) in [7, 11) is 0. The van der Waals surface area contributed by atoms with Crippen LogP contribution < -0.4 is 11.5 Å². The van der Waals surface area contributed by atoms with Crippen LogP contribution in [0, 0.1) is 6.92 Å². The third kappa shape index (κ3) is 4.70. The van der Waals surface area contributed by atoms with E-state index in [9.17, 15) is 4.79 Å². The number of carbonyl (C=O) groups excluding carboxylic acids is 1. The summed E-state index contributed by atoms with van der Waals surface area (Å²) >= 11 is 1.79. The molecule has 0 saturated carbocycles. The molecule has 1 aromatic rings. The van der Waals surface area contributed by atoms with Crippen LogP contribution >= 0.6 is 11.8 Å². The number of thioether (sulfide) groups is 1. The third-order valence-electron chi connectivity index (χ3n) is 2.89. The van der Waals surface area contributed by atoms with Gasteiger partial charge >= 0.3 is 0 Å². The second kappa shape index (κ2) is 6.25. The first-order chi connectivity index (χ1) is 8.31. The van der Waals surface area contributed by atoms with Gasteiger partial charge in [-0.05, 0) is 25.8 Å². The maximum Gasteiger partial charge on any atom is 0.237 e. The summed E-state index contributed by atoms with van der Waals surface area (Å²) < 4.78 is 0. The van der Waals surface area contributed by atoms with Gasteiger partial charge < -0.3 is 11.5 Å². The number of carbonyl (C=O) groups is 1. The van der Waals surface area contributed by atoms with Crippen molar-refractivity contribution < 1.29 is 4.79 Å². The standard InChI is InChI=1S/C14H22N2OS/c1-10-5-4-6-12(7-10)9-18-11(2)8-14(3,16)13(15)17/h4-7,11H,8-9,16H2,1-3H3,(H2,15,17). The van der Waals surface area contributed by atoms with Crippen LogP contribution in [0.15, 0.2) is 24.3 Å². The van der Waals surface area contributed by atoms with Gasteiger partial charge in [-0.3, -0.25) is 4.79 Å². The van der Waals surface area contributed by atoms with Crippen LogP contribution in [-0.2, 0) is 10.5 Å². The smallest absolute Gasteiger partial charge is 0.237 e. The van der Waals surface area contributed by atoms with Gasteiger partial charge in [-0.15, -0.1) is 0 Å². The SMILES string of the molecule is Cc1cccc(CSC(C)CC(C)(N)C(N)=O)c1. The Labute approximate surface area is 113 Å². The normalized spacial score (nSPS) is 16.0. The van der Waals surface area contributed by atoms with Crippen molar-refractivity contribution in [3.8, 4) is 0 Å². The highest BCUT2D eigenvalue weighted by molar-refractivity contribution is 7.99. The first kappa shape index (κ1) is 15.1. The van der Waals surface area contributed by atoms with Crippen LogP contribution in [0.1, 0.15) is 31.4 Å². The average Bonchev–Trinajstić information content (AvgIpc) is 2.25. The Morgan fingerprint density at radius 1 is 1.50 bits per heavy atom. The van der Waals surface area contributed by atoms with Gasteiger partial charge in [-0.25, -0.2) is 0 Å². The molecule has 0 aliphatic carbocycles. The Morgan fingerprint density at radius 2 is 2.17 bits per heavy atom. The first-order valence-corrected chi connectivity index (χ1v) is 7.12. The van der Waals surface area contributed by atoms with Gasteiger partial charge in [0.2, 0.25) is 5.91 Å². The summed E-state index contributed by atoms with van der Waals surface area (Å²) in [6.07, 6.45) is 0.596. The lowest BCUT2D eigenvalue weighted by molar-refractivity contribution is -0.122. The average molecular weight is 266 g/mol. The molecule has 18 heavy (non-hydrogen) atoms. The fourth-order valence-electron chi connectivity index (χ4n) is 1.80. The monoisotopic (exact) mass is 266 g/mol. The highest BCUT2D eigenvalue weighted by Crippen LogP contribution is 2.24. The maximum atomic E-state index is 11.2. The minimum absolute atomic E-state index is 0.299. The molecule has 0 saturated heterocycles. The van der Waals surface area contributed by atoms with Crippen molar-refractivity contribution >= 4 is 17.7 Å². The van der Waals surface area contributed by atoms with E-state index in [1.807, 2.05) is 0 Å². The zero-order valence-corrected chi connectivity index (χ0v) is 12.1. The molecule has 2 atom stereocenters. The fourth-order valence-corrected chi connectivity index (χ4v) is 2.92. The zero-order valence-electron chi connectivity index (χ0n) is 11.3. The van der Waals surface area contributed by atoms with Crippen molar-refractivity contribution in [3.63, 3.8) is 0 Å². The Hall–Kier alpha value is -1.00. The number of amides is 1. The molecule has 0 fully saturated rings. The molecular formula is C14H22N2OS. The lowest BCUT2D eigenvalue weighted by Crippen LogP contribution is -2.50. The van der Waals surface area contributed by atoms with Crippen molar-refractivity contribution in [2.45, 2.75) is 43.7 Å². The first-order valence-electron chi connectivity index (χ1n) is 6.07. The fraction of sp³-hybridized carbons (Fsp3) is 0.500. The minimum Gasteiger partial charge on any atom is -0.368 e. The predicted octanol–water partition coefficient (Wildman–Crippen LogP) is 2.21. The van der Waals surface area contributed by atoms with Gasteiger partial charge in [0.05, 0.1) is 5.54 Å². The third-order valence-corrected chi connectivity index (χ3v) is 4.13. The molecular weight excluding hydrogens is 244 g/mol. The lowest BCUT2D eigenvalue weighted by Gasteiger charge is -2.24. The van der Waals surface area contributed by atoms with Gasteiger partial charge in [0.25, 0.3) is 0 Å². The molecule has 4 heteroatoms. The van der Waals surface area contributed by atoms with Crippen molar-refractivity contribution in [1.82, 2.24) is 0 Å². The Kier molecular flexibility index (Phi) is 5.23. The number of nitrogens with two attached hydrogens (primary N) is 2. The summed E-state index contributed by atoms with van der Waals surface area (Å²) in [6, 6.07) is 8.44. The van der Waals surface area contributed by atoms with Crippen LogP contribution in [0.25, 0.3) is 0 Å². The second-order valence-corrected chi connectivity index (χ2v) is 6.52. The van der Waals surface area contributed by atoms with E-state index in [-0.39, 0.29) is 0 Å². The van der Waals surface area contributed by atoms with E-state index in [2.05, 4.69) is 38.1 Å². The quantitative estimate of drug-likeness (QED) is 0.829. The van der Waals surface area contributed by atoms with E-state index >= 15 is 0 Å². The number of aryl methyl sites for hydroxylation is 1. The van der Waals surface area contributed by atoms with Gasteiger partial charge in [-0.1, -0.05) is 36.8 Å². The summed E-state index contributed by atoms with van der Waals surface area (Å²) in [4.78, 5) is 11.2. The molecule has 1 aromatic carbocycles. The molecule has 0 radical (unpaired) electrons. The molecule has 0 spiro atoms. The zero-order chi connectivity index (χ0) is 13.8. The topological polar surface area (TPSA) is 69.1 Å².